The number of carbonyl (C=O) groups is 1. The molecule has 0 spiro atoms. The second-order valence-corrected chi connectivity index (χ2v) is 10.8. The number of nitrogens with one attached hydrogen (secondary N) is 1. The lowest BCUT2D eigenvalue weighted by Gasteiger charge is -2.32. The maximum atomic E-state index is 13.4. The normalized spacial score (nSPS) is 22.3. The smallest absolute Gasteiger partial charge is 0.416 e. The molecule has 0 radical (unpaired) electrons. The van der Waals surface area contributed by atoms with Gasteiger partial charge in [0, 0.05) is 25.8 Å². The molecule has 3 heterocycles. The number of hydrogen-bond acceptors (Lipinski definition) is 7. The Morgan fingerprint density at radius 2 is 2.03 bits per heavy atom. The Labute approximate surface area is 203 Å². The fourth-order valence-electron chi connectivity index (χ4n) is 4.42. The summed E-state index contributed by atoms with van der Waals surface area (Å²) in [5, 5.41) is 18.3. The fourth-order valence-corrected chi connectivity index (χ4v) is 4.77. The number of ether oxygens (including phenoxy) is 2. The Kier molecular flexibility index (Phi) is 7.45. The van der Waals surface area contributed by atoms with Crippen LogP contribution in [0.3, 0.4) is 0 Å². The Morgan fingerprint density at radius 3 is 2.73 bits per heavy atom. The van der Waals surface area contributed by atoms with Gasteiger partial charge in [-0.3, -0.25) is 4.90 Å². The molecule has 10 heteroatoms. The van der Waals surface area contributed by atoms with Crippen LogP contribution in [0.25, 0.3) is 5.65 Å². The second kappa shape index (κ2) is 10.1. The summed E-state index contributed by atoms with van der Waals surface area (Å²) in [6.07, 6.45) is 6.35. The molecule has 9 nitrogen and oxygen atoms in total. The zero-order valence-electron chi connectivity index (χ0n) is 19.6. The van der Waals surface area contributed by atoms with E-state index in [2.05, 4.69) is 26.3 Å². The van der Waals surface area contributed by atoms with Crippen LogP contribution in [0.5, 0.6) is 0 Å². The molecule has 2 atom stereocenters. The van der Waals surface area contributed by atoms with E-state index in [-0.39, 0.29) is 6.04 Å². The number of amides is 1. The number of aliphatic hydroxyl groups is 1. The minimum Gasteiger partial charge on any atom is -0.443 e. The van der Waals surface area contributed by atoms with Crippen LogP contribution in [-0.2, 0) is 9.47 Å². The zero-order valence-corrected chi connectivity index (χ0v) is 21.2. The number of hydrogen-bond donors (Lipinski definition) is 2. The molecule has 2 N–H and O–H groups in total. The van der Waals surface area contributed by atoms with Crippen LogP contribution in [-0.4, -0.2) is 63.3 Å². The van der Waals surface area contributed by atoms with Gasteiger partial charge in [0.05, 0.1) is 22.8 Å². The lowest BCUT2D eigenvalue weighted by molar-refractivity contribution is 0.0512. The number of rotatable bonds is 5. The Morgan fingerprint density at radius 1 is 1.30 bits per heavy atom. The molecule has 2 aliphatic rings. The number of carbonyl (C=O) groups excluding carboxylic acids is 1. The molecule has 2 aromatic heterocycles. The first-order chi connectivity index (χ1) is 15.7. The Hall–Kier alpha value is -1.91. The summed E-state index contributed by atoms with van der Waals surface area (Å²) in [6, 6.07) is 1.76. The third-order valence-electron chi connectivity index (χ3n) is 6.14. The molecule has 1 aliphatic carbocycles. The summed E-state index contributed by atoms with van der Waals surface area (Å²) in [6.45, 7) is 7.47. The van der Waals surface area contributed by atoms with Crippen LogP contribution >= 0.6 is 15.9 Å². The number of nitrogens with zero attached hydrogens (tertiary/aromatic N) is 4. The first kappa shape index (κ1) is 24.2. The maximum Gasteiger partial charge on any atom is 0.416 e. The molecule has 1 saturated heterocycles. The van der Waals surface area contributed by atoms with E-state index in [4.69, 9.17) is 14.5 Å². The van der Waals surface area contributed by atoms with E-state index in [1.807, 2.05) is 26.8 Å². The van der Waals surface area contributed by atoms with Crippen LogP contribution in [0, 0.1) is 5.92 Å². The molecule has 0 bridgehead atoms. The van der Waals surface area contributed by atoms with Gasteiger partial charge in [-0.15, -0.1) is 0 Å². The van der Waals surface area contributed by atoms with Crippen molar-refractivity contribution in [2.45, 2.75) is 77.0 Å². The first-order valence-corrected chi connectivity index (χ1v) is 12.6. The van der Waals surface area contributed by atoms with Crippen molar-refractivity contribution < 1.29 is 19.4 Å². The predicted molar refractivity (Wildman–Crippen MR) is 130 cm³/mol. The number of aromatic nitrogens is 3. The molecule has 1 aliphatic heterocycles. The topological polar surface area (TPSA) is 101 Å². The van der Waals surface area contributed by atoms with Crippen molar-refractivity contribution in [1.82, 2.24) is 14.6 Å². The summed E-state index contributed by atoms with van der Waals surface area (Å²) in [5.41, 5.74) is -0.0318. The van der Waals surface area contributed by atoms with Gasteiger partial charge in [-0.05, 0) is 68.3 Å². The van der Waals surface area contributed by atoms with Gasteiger partial charge in [-0.2, -0.15) is 9.61 Å². The van der Waals surface area contributed by atoms with Crippen LogP contribution < -0.4 is 10.2 Å². The van der Waals surface area contributed by atoms with Crippen LogP contribution in [0.1, 0.15) is 59.3 Å². The minimum absolute atomic E-state index is 0.0753. The SMILES string of the molecule is CC(C)(C)OC(=O)N(CC1CCOCC1)c1cc(N[C@H]2CCCC[C@H]2O)nc2c(Br)cnn12. The first-order valence-electron chi connectivity index (χ1n) is 11.8. The highest BCUT2D eigenvalue weighted by atomic mass is 79.9. The average Bonchev–Trinajstić information content (AvgIpc) is 3.13. The molecular formula is C23H34BrN5O4. The van der Waals surface area contributed by atoms with Gasteiger partial charge >= 0.3 is 6.09 Å². The van der Waals surface area contributed by atoms with E-state index < -0.39 is 17.8 Å². The summed E-state index contributed by atoms with van der Waals surface area (Å²) < 4.78 is 13.7. The quantitative estimate of drug-likeness (QED) is 0.599. The van der Waals surface area contributed by atoms with Crippen molar-refractivity contribution >= 4 is 39.3 Å². The van der Waals surface area contributed by atoms with Crippen LogP contribution in [0.15, 0.2) is 16.7 Å². The summed E-state index contributed by atoms with van der Waals surface area (Å²) >= 11 is 3.53. The number of aliphatic hydroxyl groups excluding tert-OH is 1. The molecule has 0 unspecified atom stereocenters. The molecule has 2 fully saturated rings. The lowest BCUT2D eigenvalue weighted by Crippen LogP contribution is -2.42. The highest BCUT2D eigenvalue weighted by molar-refractivity contribution is 9.10. The number of anilines is 2. The molecule has 182 valence electrons. The van der Waals surface area contributed by atoms with Crippen molar-refractivity contribution in [2.75, 3.05) is 30.0 Å². The van der Waals surface area contributed by atoms with Gasteiger partial charge in [0.2, 0.25) is 0 Å². The number of fused-ring (bicyclic) bond motifs is 1. The molecular weight excluding hydrogens is 490 g/mol. The van der Waals surface area contributed by atoms with Gasteiger partial charge in [0.15, 0.2) is 5.65 Å². The van der Waals surface area contributed by atoms with E-state index >= 15 is 0 Å². The highest BCUT2D eigenvalue weighted by Gasteiger charge is 2.30. The van der Waals surface area contributed by atoms with Gasteiger partial charge < -0.3 is 19.9 Å². The monoisotopic (exact) mass is 523 g/mol. The van der Waals surface area contributed by atoms with Crippen LogP contribution in [0.4, 0.5) is 16.4 Å². The lowest BCUT2D eigenvalue weighted by atomic mass is 9.92. The minimum atomic E-state index is -0.630. The van der Waals surface area contributed by atoms with E-state index in [9.17, 15) is 9.90 Å². The van der Waals surface area contributed by atoms with E-state index in [0.717, 1.165) is 43.0 Å². The molecule has 2 aromatic rings. The summed E-state index contributed by atoms with van der Waals surface area (Å²) in [4.78, 5) is 19.8. The highest BCUT2D eigenvalue weighted by Crippen LogP contribution is 2.30. The second-order valence-electron chi connectivity index (χ2n) is 9.98. The maximum absolute atomic E-state index is 13.4. The van der Waals surface area contributed by atoms with Crippen molar-refractivity contribution in [2.24, 2.45) is 5.92 Å². The molecule has 4 rings (SSSR count). The van der Waals surface area contributed by atoms with E-state index in [1.165, 1.54) is 0 Å². The molecule has 33 heavy (non-hydrogen) atoms. The summed E-state index contributed by atoms with van der Waals surface area (Å²) in [5.74, 6) is 1.48. The molecule has 0 aromatic carbocycles. The average molecular weight is 524 g/mol. The van der Waals surface area contributed by atoms with Gasteiger partial charge in [0.1, 0.15) is 17.2 Å². The Bertz CT molecular complexity index is 970. The van der Waals surface area contributed by atoms with Gasteiger partial charge in [0.25, 0.3) is 0 Å². The summed E-state index contributed by atoms with van der Waals surface area (Å²) in [7, 11) is 0. The van der Waals surface area contributed by atoms with Crippen molar-refractivity contribution in [1.29, 1.82) is 0 Å². The predicted octanol–water partition coefficient (Wildman–Crippen LogP) is 4.38. The molecule has 1 amide bonds. The Balaban J connectivity index is 1.72. The van der Waals surface area contributed by atoms with Gasteiger partial charge in [-0.1, -0.05) is 12.8 Å². The van der Waals surface area contributed by atoms with Crippen LogP contribution in [0.2, 0.25) is 0 Å². The zero-order chi connectivity index (χ0) is 23.6. The van der Waals surface area contributed by atoms with E-state index in [1.54, 1.807) is 15.6 Å². The van der Waals surface area contributed by atoms with Crippen molar-refractivity contribution in [3.8, 4) is 0 Å². The standard InChI is InChI=1S/C23H34BrN5O4/c1-23(2,3)33-22(31)28(14-15-8-10-32-11-9-15)20-12-19(26-17-6-4-5-7-18(17)30)27-21-16(24)13-25-29(20)21/h12-13,15,17-18,30H,4-11,14H2,1-3H3,(H,26,27)/t17-,18+/m0/s1. The van der Waals surface area contributed by atoms with E-state index in [0.29, 0.717) is 43.0 Å². The molecule has 1 saturated carbocycles. The van der Waals surface area contributed by atoms with Crippen molar-refractivity contribution in [3.63, 3.8) is 0 Å². The largest absolute Gasteiger partial charge is 0.443 e. The van der Waals surface area contributed by atoms with Gasteiger partial charge in [-0.25, -0.2) is 9.78 Å². The third kappa shape index (κ3) is 5.96. The van der Waals surface area contributed by atoms with Crippen molar-refractivity contribution in [3.05, 3.63) is 16.7 Å². The number of halogens is 1. The third-order valence-corrected chi connectivity index (χ3v) is 6.70. The fraction of sp³-hybridized carbons (Fsp3) is 0.696.